The monoisotopic (exact) mass is 255 g/mol. The van der Waals surface area contributed by atoms with Gasteiger partial charge in [-0.25, -0.2) is 4.39 Å². The first-order valence-electron chi connectivity index (χ1n) is 6.45. The van der Waals surface area contributed by atoms with Gasteiger partial charge in [0.25, 0.3) is 0 Å². The second-order valence-electron chi connectivity index (χ2n) is 3.89. The molecular weight excluding hydrogens is 233 g/mol. The zero-order valence-electron chi connectivity index (χ0n) is 11.1. The van der Waals surface area contributed by atoms with Gasteiger partial charge in [0, 0.05) is 19.8 Å². The minimum atomic E-state index is -0.222. The van der Waals surface area contributed by atoms with Gasteiger partial charge in [0.2, 0.25) is 0 Å². The minimum absolute atomic E-state index is 0.148. The lowest BCUT2D eigenvalue weighted by Gasteiger charge is -2.17. The fourth-order valence-electron chi connectivity index (χ4n) is 1.68. The van der Waals surface area contributed by atoms with Gasteiger partial charge >= 0.3 is 0 Å². The molecule has 102 valence electrons. The van der Waals surface area contributed by atoms with Crippen LogP contribution in [0.25, 0.3) is 0 Å². The summed E-state index contributed by atoms with van der Waals surface area (Å²) in [6.45, 7) is 6.45. The number of benzene rings is 1. The van der Waals surface area contributed by atoms with E-state index in [1.54, 1.807) is 12.1 Å². The average molecular weight is 255 g/mol. The summed E-state index contributed by atoms with van der Waals surface area (Å²) in [4.78, 5) is 0. The van der Waals surface area contributed by atoms with Crippen LogP contribution in [0.15, 0.2) is 24.3 Å². The predicted octanol–water partition coefficient (Wildman–Crippen LogP) is 2.36. The van der Waals surface area contributed by atoms with Gasteiger partial charge in [-0.2, -0.15) is 0 Å². The number of nitrogens with one attached hydrogen (secondary N) is 1. The van der Waals surface area contributed by atoms with Gasteiger partial charge in [-0.3, -0.25) is 0 Å². The van der Waals surface area contributed by atoms with Crippen LogP contribution >= 0.6 is 0 Å². The van der Waals surface area contributed by atoms with Crippen molar-refractivity contribution in [1.29, 1.82) is 0 Å². The van der Waals surface area contributed by atoms with E-state index in [-0.39, 0.29) is 12.1 Å². The third-order valence-corrected chi connectivity index (χ3v) is 2.55. The van der Waals surface area contributed by atoms with E-state index in [0.29, 0.717) is 32.7 Å². The summed E-state index contributed by atoms with van der Waals surface area (Å²) in [5.41, 5.74) is 0.731. The standard InChI is InChI=1S/C14H22FNO2/c1-3-17-14(18-4-2)11-16-10-9-12-7-5-6-8-13(12)15/h5-8,14,16H,3-4,9-11H2,1-2H3. The fraction of sp³-hybridized carbons (Fsp3) is 0.571. The summed E-state index contributed by atoms with van der Waals surface area (Å²) >= 11 is 0. The van der Waals surface area contributed by atoms with Crippen molar-refractivity contribution < 1.29 is 13.9 Å². The van der Waals surface area contributed by atoms with Crippen molar-refractivity contribution in [1.82, 2.24) is 5.32 Å². The smallest absolute Gasteiger partial charge is 0.169 e. The topological polar surface area (TPSA) is 30.5 Å². The van der Waals surface area contributed by atoms with E-state index >= 15 is 0 Å². The number of hydrogen-bond donors (Lipinski definition) is 1. The lowest BCUT2D eigenvalue weighted by molar-refractivity contribution is -0.132. The quantitative estimate of drug-likeness (QED) is 0.543. The molecule has 0 bridgehead atoms. The van der Waals surface area contributed by atoms with E-state index in [1.807, 2.05) is 19.9 Å². The summed E-state index contributed by atoms with van der Waals surface area (Å²) in [6.07, 6.45) is 0.443. The normalized spacial score (nSPS) is 11.1. The molecule has 18 heavy (non-hydrogen) atoms. The molecule has 0 amide bonds. The molecule has 0 atom stereocenters. The minimum Gasteiger partial charge on any atom is -0.352 e. The second-order valence-corrected chi connectivity index (χ2v) is 3.89. The Bertz CT molecular complexity index is 327. The van der Waals surface area contributed by atoms with Crippen molar-refractivity contribution in [3.8, 4) is 0 Å². The van der Waals surface area contributed by atoms with Crippen LogP contribution in [0.1, 0.15) is 19.4 Å². The van der Waals surface area contributed by atoms with E-state index in [4.69, 9.17) is 9.47 Å². The highest BCUT2D eigenvalue weighted by Gasteiger charge is 2.07. The summed E-state index contributed by atoms with van der Waals surface area (Å²) in [7, 11) is 0. The second kappa shape index (κ2) is 9.03. The van der Waals surface area contributed by atoms with Crippen LogP contribution < -0.4 is 5.32 Å². The zero-order chi connectivity index (χ0) is 13.2. The lowest BCUT2D eigenvalue weighted by atomic mass is 10.1. The average Bonchev–Trinajstić information content (AvgIpc) is 2.37. The van der Waals surface area contributed by atoms with Crippen LogP contribution in [0.3, 0.4) is 0 Å². The molecule has 1 N–H and O–H groups in total. The van der Waals surface area contributed by atoms with Crippen molar-refractivity contribution in [3.63, 3.8) is 0 Å². The van der Waals surface area contributed by atoms with Gasteiger partial charge in [0.15, 0.2) is 6.29 Å². The molecule has 0 unspecified atom stereocenters. The van der Waals surface area contributed by atoms with E-state index in [9.17, 15) is 4.39 Å². The largest absolute Gasteiger partial charge is 0.352 e. The molecule has 4 heteroatoms. The highest BCUT2D eigenvalue weighted by atomic mass is 19.1. The molecule has 0 aliphatic rings. The van der Waals surface area contributed by atoms with Gasteiger partial charge in [-0.15, -0.1) is 0 Å². The molecule has 3 nitrogen and oxygen atoms in total. The van der Waals surface area contributed by atoms with Crippen molar-refractivity contribution in [2.75, 3.05) is 26.3 Å². The first-order valence-corrected chi connectivity index (χ1v) is 6.45. The first-order chi connectivity index (χ1) is 8.77. The highest BCUT2D eigenvalue weighted by Crippen LogP contribution is 2.06. The first kappa shape index (κ1) is 15.1. The molecule has 0 radical (unpaired) electrons. The lowest BCUT2D eigenvalue weighted by Crippen LogP contribution is -2.32. The molecule has 0 heterocycles. The van der Waals surface area contributed by atoms with E-state index in [1.165, 1.54) is 6.07 Å². The van der Waals surface area contributed by atoms with Crippen molar-refractivity contribution in [2.24, 2.45) is 0 Å². The molecule has 0 aromatic heterocycles. The van der Waals surface area contributed by atoms with Gasteiger partial charge in [-0.05, 0) is 38.4 Å². The molecule has 0 saturated carbocycles. The van der Waals surface area contributed by atoms with Crippen molar-refractivity contribution in [2.45, 2.75) is 26.6 Å². The molecular formula is C14H22FNO2. The van der Waals surface area contributed by atoms with Gasteiger partial charge in [-0.1, -0.05) is 18.2 Å². The van der Waals surface area contributed by atoms with E-state index in [0.717, 1.165) is 5.56 Å². The van der Waals surface area contributed by atoms with Crippen LogP contribution in [0, 0.1) is 5.82 Å². The molecule has 0 spiro atoms. The number of rotatable bonds is 9. The Balaban J connectivity index is 2.23. The van der Waals surface area contributed by atoms with Crippen LogP contribution in [-0.4, -0.2) is 32.6 Å². The molecule has 0 saturated heterocycles. The number of hydrogen-bond acceptors (Lipinski definition) is 3. The van der Waals surface area contributed by atoms with Crippen LogP contribution in [0.4, 0.5) is 4.39 Å². The number of ether oxygens (including phenoxy) is 2. The number of halogens is 1. The Labute approximate surface area is 108 Å². The maximum atomic E-state index is 13.3. The summed E-state index contributed by atoms with van der Waals surface area (Å²) in [5, 5.41) is 3.21. The Kier molecular flexibility index (Phi) is 7.57. The zero-order valence-corrected chi connectivity index (χ0v) is 11.1. The molecule has 1 rings (SSSR count). The van der Waals surface area contributed by atoms with Crippen LogP contribution in [-0.2, 0) is 15.9 Å². The van der Waals surface area contributed by atoms with Crippen LogP contribution in [0.2, 0.25) is 0 Å². The molecule has 0 fully saturated rings. The maximum absolute atomic E-state index is 13.3. The Hall–Kier alpha value is -0.970. The maximum Gasteiger partial charge on any atom is 0.169 e. The Morgan fingerprint density at radius 1 is 1.17 bits per heavy atom. The third kappa shape index (κ3) is 5.58. The van der Waals surface area contributed by atoms with Gasteiger partial charge < -0.3 is 14.8 Å². The summed E-state index contributed by atoms with van der Waals surface area (Å²) < 4.78 is 24.1. The van der Waals surface area contributed by atoms with Crippen molar-refractivity contribution in [3.05, 3.63) is 35.6 Å². The fourth-order valence-corrected chi connectivity index (χ4v) is 1.68. The Morgan fingerprint density at radius 3 is 2.44 bits per heavy atom. The van der Waals surface area contributed by atoms with Crippen LogP contribution in [0.5, 0.6) is 0 Å². The van der Waals surface area contributed by atoms with Gasteiger partial charge in [0.1, 0.15) is 5.82 Å². The Morgan fingerprint density at radius 2 is 1.83 bits per heavy atom. The SMILES string of the molecule is CCOC(CNCCc1ccccc1F)OCC. The van der Waals surface area contributed by atoms with E-state index in [2.05, 4.69) is 5.32 Å². The van der Waals surface area contributed by atoms with Gasteiger partial charge in [0.05, 0.1) is 0 Å². The molecule has 1 aromatic rings. The van der Waals surface area contributed by atoms with E-state index < -0.39 is 0 Å². The molecule has 0 aliphatic heterocycles. The highest BCUT2D eigenvalue weighted by molar-refractivity contribution is 5.17. The molecule has 1 aromatic carbocycles. The third-order valence-electron chi connectivity index (χ3n) is 2.55. The summed E-state index contributed by atoms with van der Waals surface area (Å²) in [6, 6.07) is 6.84. The molecule has 0 aliphatic carbocycles. The predicted molar refractivity (Wildman–Crippen MR) is 70.0 cm³/mol. The summed E-state index contributed by atoms with van der Waals surface area (Å²) in [5.74, 6) is -0.148. The van der Waals surface area contributed by atoms with Crippen molar-refractivity contribution >= 4 is 0 Å².